The summed E-state index contributed by atoms with van der Waals surface area (Å²) in [7, 11) is -3.59. The van der Waals surface area contributed by atoms with Crippen molar-refractivity contribution in [2.45, 2.75) is 17.7 Å². The molecule has 4 aromatic carbocycles. The summed E-state index contributed by atoms with van der Waals surface area (Å²) in [4.78, 5) is 0.282. The molecule has 0 aliphatic rings. The summed E-state index contributed by atoms with van der Waals surface area (Å²) in [6.07, 6.45) is 0. The van der Waals surface area contributed by atoms with Gasteiger partial charge in [0.2, 0.25) is 10.0 Å². The van der Waals surface area contributed by atoms with E-state index in [-0.39, 0.29) is 17.4 Å². The zero-order valence-electron chi connectivity index (χ0n) is 17.4. The molecule has 4 rings (SSSR count). The van der Waals surface area contributed by atoms with Gasteiger partial charge in [-0.2, -0.15) is 0 Å². The Balaban J connectivity index is 1.60. The molecule has 4 aromatic rings. The van der Waals surface area contributed by atoms with Crippen LogP contribution in [0, 0.1) is 6.92 Å². The first-order valence-electron chi connectivity index (χ1n) is 10.3. The van der Waals surface area contributed by atoms with Crippen molar-refractivity contribution in [3.05, 3.63) is 126 Å². The number of hydrogen-bond donors (Lipinski definition) is 1. The number of aryl methyl sites for hydroxylation is 1. The summed E-state index contributed by atoms with van der Waals surface area (Å²) in [5.41, 5.74) is 5.46. The predicted molar refractivity (Wildman–Crippen MR) is 127 cm³/mol. The number of nitrogens with one attached hydrogen (secondary N) is 1. The highest BCUT2D eigenvalue weighted by molar-refractivity contribution is 7.89. The maximum atomic E-state index is 12.8. The van der Waals surface area contributed by atoms with Crippen molar-refractivity contribution in [1.29, 1.82) is 0 Å². The van der Waals surface area contributed by atoms with Gasteiger partial charge < -0.3 is 0 Å². The van der Waals surface area contributed by atoms with Crippen molar-refractivity contribution < 1.29 is 8.42 Å². The van der Waals surface area contributed by atoms with E-state index in [1.54, 1.807) is 12.1 Å². The first-order valence-corrected chi connectivity index (χ1v) is 11.8. The summed E-state index contributed by atoms with van der Waals surface area (Å²) in [5.74, 6) is -0.0914. The van der Waals surface area contributed by atoms with Crippen molar-refractivity contribution in [3.8, 4) is 11.1 Å². The smallest absolute Gasteiger partial charge is 0.210 e. The summed E-state index contributed by atoms with van der Waals surface area (Å²) in [5, 5.41) is 0. The molecule has 0 saturated heterocycles. The minimum atomic E-state index is -3.59. The van der Waals surface area contributed by atoms with Crippen LogP contribution < -0.4 is 4.72 Å². The molecule has 1 unspecified atom stereocenters. The molecular weight excluding hydrogens is 402 g/mol. The molecule has 0 bridgehead atoms. The fourth-order valence-corrected chi connectivity index (χ4v) is 4.69. The standard InChI is InChI=1S/C27H25NO2S/c1-21-12-18-26(19-13-21)31(29,30)28-20-27(24-10-6-3-7-11-24)25-16-14-23(15-17-25)22-8-4-2-5-9-22/h2-19,27-28H,20H2,1H3. The van der Waals surface area contributed by atoms with Crippen LogP contribution in [0.2, 0.25) is 0 Å². The second-order valence-corrected chi connectivity index (χ2v) is 9.38. The topological polar surface area (TPSA) is 46.2 Å². The van der Waals surface area contributed by atoms with E-state index in [0.29, 0.717) is 0 Å². The molecule has 1 N–H and O–H groups in total. The van der Waals surface area contributed by atoms with Gasteiger partial charge >= 0.3 is 0 Å². The Labute approximate surface area is 184 Å². The third-order valence-electron chi connectivity index (χ3n) is 5.43. The van der Waals surface area contributed by atoms with Crippen molar-refractivity contribution in [1.82, 2.24) is 4.72 Å². The van der Waals surface area contributed by atoms with Gasteiger partial charge in [0.25, 0.3) is 0 Å². The Morgan fingerprint density at radius 1 is 0.645 bits per heavy atom. The van der Waals surface area contributed by atoms with Gasteiger partial charge in [0, 0.05) is 12.5 Å². The summed E-state index contributed by atoms with van der Waals surface area (Å²) in [6.45, 7) is 2.22. The van der Waals surface area contributed by atoms with Gasteiger partial charge in [-0.15, -0.1) is 0 Å². The molecule has 0 amide bonds. The first kappa shape index (κ1) is 21.0. The number of hydrogen-bond acceptors (Lipinski definition) is 2. The summed E-state index contributed by atoms with van der Waals surface area (Å²) < 4.78 is 28.5. The molecule has 0 heterocycles. The van der Waals surface area contributed by atoms with E-state index in [4.69, 9.17) is 0 Å². The van der Waals surface area contributed by atoms with Crippen LogP contribution in [0.15, 0.2) is 114 Å². The SMILES string of the molecule is Cc1ccc(S(=O)(=O)NCC(c2ccccc2)c2ccc(-c3ccccc3)cc2)cc1. The molecule has 0 saturated carbocycles. The average Bonchev–Trinajstić information content (AvgIpc) is 2.81. The first-order chi connectivity index (χ1) is 15.0. The molecule has 1 atom stereocenters. The number of sulfonamides is 1. The van der Waals surface area contributed by atoms with E-state index in [2.05, 4.69) is 41.1 Å². The lowest BCUT2D eigenvalue weighted by molar-refractivity contribution is 0.577. The Bertz CT molecular complexity index is 1220. The van der Waals surface area contributed by atoms with E-state index in [1.807, 2.05) is 67.6 Å². The van der Waals surface area contributed by atoms with Gasteiger partial charge in [0.05, 0.1) is 4.90 Å². The lowest BCUT2D eigenvalue weighted by atomic mass is 9.90. The van der Waals surface area contributed by atoms with Crippen molar-refractivity contribution in [2.24, 2.45) is 0 Å². The predicted octanol–water partition coefficient (Wildman–Crippen LogP) is 5.77. The highest BCUT2D eigenvalue weighted by Gasteiger charge is 2.19. The third kappa shape index (κ3) is 5.10. The van der Waals surface area contributed by atoms with Gasteiger partial charge in [-0.1, -0.05) is 103 Å². The van der Waals surface area contributed by atoms with Gasteiger partial charge in [-0.05, 0) is 41.3 Å². The maximum Gasteiger partial charge on any atom is 0.240 e. The van der Waals surface area contributed by atoms with Crippen LogP contribution in [0.3, 0.4) is 0 Å². The average molecular weight is 428 g/mol. The van der Waals surface area contributed by atoms with Gasteiger partial charge in [0.15, 0.2) is 0 Å². The van der Waals surface area contributed by atoms with Crippen molar-refractivity contribution >= 4 is 10.0 Å². The third-order valence-corrected chi connectivity index (χ3v) is 6.87. The lowest BCUT2D eigenvalue weighted by Crippen LogP contribution is -2.29. The molecule has 0 radical (unpaired) electrons. The highest BCUT2D eigenvalue weighted by atomic mass is 32.2. The molecule has 0 aromatic heterocycles. The van der Waals surface area contributed by atoms with Crippen LogP contribution in [-0.2, 0) is 10.0 Å². The second kappa shape index (κ2) is 9.29. The Kier molecular flexibility index (Phi) is 6.31. The van der Waals surface area contributed by atoms with Crippen molar-refractivity contribution in [3.63, 3.8) is 0 Å². The lowest BCUT2D eigenvalue weighted by Gasteiger charge is -2.19. The Hall–Kier alpha value is -3.21. The monoisotopic (exact) mass is 427 g/mol. The molecule has 0 aliphatic carbocycles. The highest BCUT2D eigenvalue weighted by Crippen LogP contribution is 2.27. The van der Waals surface area contributed by atoms with Crippen LogP contribution in [0.5, 0.6) is 0 Å². The molecule has 0 fully saturated rings. The Morgan fingerprint density at radius 3 is 1.77 bits per heavy atom. The zero-order chi connectivity index (χ0) is 21.7. The van der Waals surface area contributed by atoms with Crippen LogP contribution in [0.4, 0.5) is 0 Å². The van der Waals surface area contributed by atoms with E-state index in [0.717, 1.165) is 27.8 Å². The molecule has 31 heavy (non-hydrogen) atoms. The minimum absolute atomic E-state index is 0.0914. The van der Waals surface area contributed by atoms with E-state index in [9.17, 15) is 8.42 Å². The largest absolute Gasteiger partial charge is 0.240 e. The van der Waals surface area contributed by atoms with Gasteiger partial charge in [-0.25, -0.2) is 13.1 Å². The second-order valence-electron chi connectivity index (χ2n) is 7.62. The maximum absolute atomic E-state index is 12.8. The normalized spacial score (nSPS) is 12.4. The van der Waals surface area contributed by atoms with Crippen LogP contribution in [0.25, 0.3) is 11.1 Å². The number of rotatable bonds is 7. The Morgan fingerprint density at radius 2 is 1.16 bits per heavy atom. The molecule has 3 nitrogen and oxygen atoms in total. The van der Waals surface area contributed by atoms with Gasteiger partial charge in [0.1, 0.15) is 0 Å². The van der Waals surface area contributed by atoms with Crippen molar-refractivity contribution in [2.75, 3.05) is 6.54 Å². The molecule has 0 aliphatic heterocycles. The summed E-state index contributed by atoms with van der Waals surface area (Å²) >= 11 is 0. The van der Waals surface area contributed by atoms with Crippen LogP contribution in [0.1, 0.15) is 22.6 Å². The van der Waals surface area contributed by atoms with Gasteiger partial charge in [-0.3, -0.25) is 0 Å². The van der Waals surface area contributed by atoms with E-state index in [1.165, 1.54) is 0 Å². The fourth-order valence-electron chi connectivity index (χ4n) is 3.65. The zero-order valence-corrected chi connectivity index (χ0v) is 18.2. The van der Waals surface area contributed by atoms with E-state index >= 15 is 0 Å². The minimum Gasteiger partial charge on any atom is -0.210 e. The summed E-state index contributed by atoms with van der Waals surface area (Å²) in [6, 6.07) is 35.5. The molecular formula is C27H25NO2S. The van der Waals surface area contributed by atoms with E-state index < -0.39 is 10.0 Å². The molecule has 0 spiro atoms. The molecule has 156 valence electrons. The van der Waals surface area contributed by atoms with Crippen LogP contribution in [-0.4, -0.2) is 15.0 Å². The fraction of sp³-hybridized carbons (Fsp3) is 0.111. The number of benzene rings is 4. The van der Waals surface area contributed by atoms with Crippen LogP contribution >= 0.6 is 0 Å². The molecule has 4 heteroatoms. The quantitative estimate of drug-likeness (QED) is 0.407.